The van der Waals surface area contributed by atoms with E-state index in [0.717, 1.165) is 5.56 Å². The van der Waals surface area contributed by atoms with Gasteiger partial charge in [0.05, 0.1) is 6.61 Å². The molecule has 0 radical (unpaired) electrons. The Labute approximate surface area is 126 Å². The number of likely N-dealkylation sites (N-methyl/N-ethyl adjacent to an activating group) is 1. The highest BCUT2D eigenvalue weighted by molar-refractivity contribution is 6.33. The van der Waals surface area contributed by atoms with Crippen LogP contribution in [0.3, 0.4) is 0 Å². The molecular formula is C13H16Cl2F3NO. The summed E-state index contributed by atoms with van der Waals surface area (Å²) in [5.74, 6) is 0. The van der Waals surface area contributed by atoms with E-state index in [-0.39, 0.29) is 12.6 Å². The molecule has 0 fully saturated rings. The quantitative estimate of drug-likeness (QED) is 0.813. The zero-order chi connectivity index (χ0) is 15.2. The van der Waals surface area contributed by atoms with Crippen LogP contribution in [0.2, 0.25) is 10.0 Å². The van der Waals surface area contributed by atoms with E-state index in [1.54, 1.807) is 18.2 Å². The first-order chi connectivity index (χ1) is 9.31. The molecule has 0 bridgehead atoms. The average Bonchev–Trinajstić information content (AvgIpc) is 2.32. The molecule has 0 heterocycles. The first-order valence-electron chi connectivity index (χ1n) is 6.13. The van der Waals surface area contributed by atoms with Crippen molar-refractivity contribution in [2.45, 2.75) is 25.6 Å². The minimum atomic E-state index is -4.32. The first kappa shape index (κ1) is 17.6. The molecule has 114 valence electrons. The second kappa shape index (κ2) is 8.08. The highest BCUT2D eigenvalue weighted by atomic mass is 35.5. The Morgan fingerprint density at radius 3 is 2.60 bits per heavy atom. The largest absolute Gasteiger partial charge is 0.411 e. The van der Waals surface area contributed by atoms with Crippen LogP contribution in [0.4, 0.5) is 13.2 Å². The summed E-state index contributed by atoms with van der Waals surface area (Å²) in [6.45, 7) is 1.20. The van der Waals surface area contributed by atoms with E-state index in [1.807, 2.05) is 6.92 Å². The lowest BCUT2D eigenvalue weighted by Gasteiger charge is -2.19. The standard InChI is InChI=1S/C13H16Cl2F3NO/c1-2-19-11(7-20-8-13(16,17)18)6-9-5-10(14)3-4-12(9)15/h3-5,11,19H,2,6-8H2,1H3. The monoisotopic (exact) mass is 329 g/mol. The Hall–Kier alpha value is -0.490. The van der Waals surface area contributed by atoms with Gasteiger partial charge in [-0.25, -0.2) is 0 Å². The van der Waals surface area contributed by atoms with Crippen LogP contribution in [0.1, 0.15) is 12.5 Å². The third kappa shape index (κ3) is 6.79. The number of hydrogen-bond acceptors (Lipinski definition) is 2. The summed E-state index contributed by atoms with van der Waals surface area (Å²) in [5.41, 5.74) is 0.778. The molecule has 7 heteroatoms. The maximum absolute atomic E-state index is 12.1. The van der Waals surface area contributed by atoms with E-state index >= 15 is 0 Å². The molecule has 0 aliphatic rings. The molecule has 20 heavy (non-hydrogen) atoms. The first-order valence-corrected chi connectivity index (χ1v) is 6.89. The van der Waals surface area contributed by atoms with Crippen molar-refractivity contribution >= 4 is 23.2 Å². The Morgan fingerprint density at radius 1 is 1.30 bits per heavy atom. The zero-order valence-electron chi connectivity index (χ0n) is 10.9. The second-order valence-electron chi connectivity index (χ2n) is 4.32. The van der Waals surface area contributed by atoms with Gasteiger partial charge in [-0.15, -0.1) is 0 Å². The van der Waals surface area contributed by atoms with E-state index in [1.165, 1.54) is 0 Å². The molecule has 0 spiro atoms. The van der Waals surface area contributed by atoms with Gasteiger partial charge in [0.15, 0.2) is 0 Å². The summed E-state index contributed by atoms with van der Waals surface area (Å²) < 4.78 is 40.8. The molecule has 1 unspecified atom stereocenters. The van der Waals surface area contributed by atoms with Gasteiger partial charge in [-0.2, -0.15) is 13.2 Å². The van der Waals surface area contributed by atoms with Crippen LogP contribution in [0, 0.1) is 0 Å². The maximum atomic E-state index is 12.1. The predicted octanol–water partition coefficient (Wildman–Crippen LogP) is 4.09. The van der Waals surface area contributed by atoms with Gasteiger partial charge in [0.1, 0.15) is 6.61 Å². The molecule has 1 aromatic rings. The van der Waals surface area contributed by atoms with Gasteiger partial charge in [0.2, 0.25) is 0 Å². The molecule has 1 N–H and O–H groups in total. The van der Waals surface area contributed by atoms with Crippen molar-refractivity contribution in [2.75, 3.05) is 19.8 Å². The fourth-order valence-corrected chi connectivity index (χ4v) is 2.15. The number of benzene rings is 1. The number of rotatable bonds is 7. The van der Waals surface area contributed by atoms with Crippen molar-refractivity contribution in [3.63, 3.8) is 0 Å². The average molecular weight is 330 g/mol. The van der Waals surface area contributed by atoms with Crippen LogP contribution < -0.4 is 5.32 Å². The minimum Gasteiger partial charge on any atom is -0.370 e. The molecule has 0 aliphatic heterocycles. The number of nitrogens with one attached hydrogen (secondary N) is 1. The predicted molar refractivity (Wildman–Crippen MR) is 74.5 cm³/mol. The van der Waals surface area contributed by atoms with Gasteiger partial charge >= 0.3 is 6.18 Å². The molecule has 1 atom stereocenters. The molecule has 1 rings (SSSR count). The van der Waals surface area contributed by atoms with Crippen molar-refractivity contribution in [3.05, 3.63) is 33.8 Å². The van der Waals surface area contributed by atoms with Gasteiger partial charge in [0.25, 0.3) is 0 Å². The number of ether oxygens (including phenoxy) is 1. The normalized spacial score (nSPS) is 13.5. The van der Waals surface area contributed by atoms with Crippen molar-refractivity contribution in [1.29, 1.82) is 0 Å². The van der Waals surface area contributed by atoms with Gasteiger partial charge in [-0.05, 0) is 36.7 Å². The van der Waals surface area contributed by atoms with Crippen LogP contribution in [0.15, 0.2) is 18.2 Å². The minimum absolute atomic E-state index is 0.0454. The zero-order valence-corrected chi connectivity index (χ0v) is 12.4. The van der Waals surface area contributed by atoms with Crippen molar-refractivity contribution in [3.8, 4) is 0 Å². The molecule has 0 amide bonds. The highest BCUT2D eigenvalue weighted by Gasteiger charge is 2.28. The van der Waals surface area contributed by atoms with Gasteiger partial charge in [-0.3, -0.25) is 0 Å². The molecule has 0 saturated heterocycles. The molecule has 0 aromatic heterocycles. The molecule has 0 saturated carbocycles. The molecule has 2 nitrogen and oxygen atoms in total. The van der Waals surface area contributed by atoms with E-state index in [9.17, 15) is 13.2 Å². The third-order valence-corrected chi connectivity index (χ3v) is 3.16. The van der Waals surface area contributed by atoms with E-state index < -0.39 is 12.8 Å². The maximum Gasteiger partial charge on any atom is 0.411 e. The fourth-order valence-electron chi connectivity index (χ4n) is 1.76. The Bertz CT molecular complexity index is 427. The van der Waals surface area contributed by atoms with Crippen molar-refractivity contribution < 1.29 is 17.9 Å². The lowest BCUT2D eigenvalue weighted by molar-refractivity contribution is -0.175. The summed E-state index contributed by atoms with van der Waals surface area (Å²) in [6.07, 6.45) is -3.87. The van der Waals surface area contributed by atoms with Crippen LogP contribution in [0.5, 0.6) is 0 Å². The number of halogens is 5. The Balaban J connectivity index is 2.60. The second-order valence-corrected chi connectivity index (χ2v) is 5.17. The van der Waals surface area contributed by atoms with Crippen LogP contribution >= 0.6 is 23.2 Å². The highest BCUT2D eigenvalue weighted by Crippen LogP contribution is 2.22. The van der Waals surface area contributed by atoms with E-state index in [2.05, 4.69) is 5.32 Å². The summed E-state index contributed by atoms with van der Waals surface area (Å²) in [4.78, 5) is 0. The van der Waals surface area contributed by atoms with Crippen molar-refractivity contribution in [2.24, 2.45) is 0 Å². The Kier molecular flexibility index (Phi) is 7.09. The number of hydrogen-bond donors (Lipinski definition) is 1. The third-order valence-electron chi connectivity index (χ3n) is 2.55. The summed E-state index contributed by atoms with van der Waals surface area (Å²) in [7, 11) is 0. The van der Waals surface area contributed by atoms with Crippen LogP contribution in [-0.4, -0.2) is 32.0 Å². The summed E-state index contributed by atoms with van der Waals surface area (Å²) in [6, 6.07) is 4.78. The van der Waals surface area contributed by atoms with Gasteiger partial charge < -0.3 is 10.1 Å². The fraction of sp³-hybridized carbons (Fsp3) is 0.538. The van der Waals surface area contributed by atoms with Crippen LogP contribution in [0.25, 0.3) is 0 Å². The molecule has 0 aliphatic carbocycles. The smallest absolute Gasteiger partial charge is 0.370 e. The van der Waals surface area contributed by atoms with E-state index in [4.69, 9.17) is 27.9 Å². The Morgan fingerprint density at radius 2 is 2.00 bits per heavy atom. The molecule has 1 aromatic carbocycles. The van der Waals surface area contributed by atoms with Gasteiger partial charge in [0, 0.05) is 16.1 Å². The summed E-state index contributed by atoms with van der Waals surface area (Å²) in [5, 5.41) is 4.14. The van der Waals surface area contributed by atoms with Crippen molar-refractivity contribution in [1.82, 2.24) is 5.32 Å². The SMILES string of the molecule is CCNC(COCC(F)(F)F)Cc1cc(Cl)ccc1Cl. The van der Waals surface area contributed by atoms with Gasteiger partial charge in [-0.1, -0.05) is 30.1 Å². The lowest BCUT2D eigenvalue weighted by Crippen LogP contribution is -2.36. The summed E-state index contributed by atoms with van der Waals surface area (Å²) >= 11 is 11.9. The van der Waals surface area contributed by atoms with E-state index in [0.29, 0.717) is 23.0 Å². The topological polar surface area (TPSA) is 21.3 Å². The number of alkyl halides is 3. The molecular weight excluding hydrogens is 314 g/mol. The lowest BCUT2D eigenvalue weighted by atomic mass is 10.1. The van der Waals surface area contributed by atoms with Crippen LogP contribution in [-0.2, 0) is 11.2 Å².